The van der Waals surface area contributed by atoms with Gasteiger partial charge in [-0.15, -0.1) is 0 Å². The van der Waals surface area contributed by atoms with E-state index < -0.39 is 4.92 Å². The van der Waals surface area contributed by atoms with Crippen molar-refractivity contribution in [3.05, 3.63) is 69.8 Å². The van der Waals surface area contributed by atoms with E-state index in [1.54, 1.807) is 18.2 Å². The van der Waals surface area contributed by atoms with Crippen molar-refractivity contribution < 1.29 is 9.66 Å². The molecule has 2 aromatic rings. The second-order valence-electron chi connectivity index (χ2n) is 5.21. The number of nitro groups is 1. The molecule has 23 heavy (non-hydrogen) atoms. The van der Waals surface area contributed by atoms with Crippen LogP contribution >= 0.6 is 0 Å². The quantitative estimate of drug-likeness (QED) is 0.354. The molecule has 0 amide bonds. The maximum atomic E-state index is 10.7. The van der Waals surface area contributed by atoms with Crippen LogP contribution in [0.2, 0.25) is 0 Å². The van der Waals surface area contributed by atoms with Crippen LogP contribution in [-0.4, -0.2) is 11.0 Å². The number of non-ortho nitro benzene ring substituents is 1. The zero-order chi connectivity index (χ0) is 16.8. The van der Waals surface area contributed by atoms with Crippen LogP contribution in [0.25, 0.3) is 11.6 Å². The van der Waals surface area contributed by atoms with E-state index in [1.807, 2.05) is 38.1 Å². The van der Waals surface area contributed by atoms with Gasteiger partial charge >= 0.3 is 0 Å². The highest BCUT2D eigenvalue weighted by Gasteiger charge is 2.07. The van der Waals surface area contributed by atoms with E-state index in [4.69, 9.17) is 4.74 Å². The molecule has 0 fully saturated rings. The fourth-order valence-electron chi connectivity index (χ4n) is 2.06. The molecule has 5 heteroatoms. The monoisotopic (exact) mass is 308 g/mol. The number of rotatable bonds is 5. The van der Waals surface area contributed by atoms with Gasteiger partial charge in [0.25, 0.3) is 5.69 Å². The Balaban J connectivity index is 2.31. The largest absolute Gasteiger partial charge is 0.491 e. The third-order valence-corrected chi connectivity index (χ3v) is 3.05. The van der Waals surface area contributed by atoms with Gasteiger partial charge < -0.3 is 4.74 Å². The van der Waals surface area contributed by atoms with Crippen LogP contribution in [0, 0.1) is 21.4 Å². The van der Waals surface area contributed by atoms with Crippen LogP contribution in [0.3, 0.4) is 0 Å². The van der Waals surface area contributed by atoms with E-state index in [0.717, 1.165) is 11.3 Å². The number of nitrogens with zero attached hydrogens (tertiary/aromatic N) is 2. The summed E-state index contributed by atoms with van der Waals surface area (Å²) in [6.45, 7) is 3.89. The molecule has 5 nitrogen and oxygen atoms in total. The minimum atomic E-state index is -0.466. The first kappa shape index (κ1) is 16.2. The topological polar surface area (TPSA) is 76.2 Å². The summed E-state index contributed by atoms with van der Waals surface area (Å²) in [5.74, 6) is 0.731. The first-order valence-corrected chi connectivity index (χ1v) is 7.13. The van der Waals surface area contributed by atoms with E-state index in [0.29, 0.717) is 11.1 Å². The van der Waals surface area contributed by atoms with E-state index in [1.165, 1.54) is 12.1 Å². The summed E-state index contributed by atoms with van der Waals surface area (Å²) in [6.07, 6.45) is 1.80. The number of allylic oxidation sites excluding steroid dienone is 1. The molecule has 2 rings (SSSR count). The number of ether oxygens (including phenoxy) is 1. The number of benzene rings is 2. The average Bonchev–Trinajstić information content (AvgIpc) is 2.52. The van der Waals surface area contributed by atoms with Gasteiger partial charge in [-0.3, -0.25) is 10.1 Å². The Labute approximate surface area is 134 Å². The third kappa shape index (κ3) is 4.42. The zero-order valence-electron chi connectivity index (χ0n) is 12.9. The van der Waals surface area contributed by atoms with Gasteiger partial charge in [0.2, 0.25) is 0 Å². The summed E-state index contributed by atoms with van der Waals surface area (Å²) in [6, 6.07) is 15.5. The van der Waals surface area contributed by atoms with Crippen LogP contribution < -0.4 is 4.74 Å². The molecule has 0 bridgehead atoms. The number of nitriles is 1. The SMILES string of the molecule is CC(C)Oc1cccc(C=C(C#N)c2ccc([N+](=O)[O-])cc2)c1. The molecule has 0 aliphatic heterocycles. The van der Waals surface area contributed by atoms with Crippen molar-refractivity contribution in [2.24, 2.45) is 0 Å². The number of hydrogen-bond donors (Lipinski definition) is 0. The molecule has 0 saturated carbocycles. The minimum Gasteiger partial charge on any atom is -0.491 e. The molecule has 0 aliphatic rings. The van der Waals surface area contributed by atoms with E-state index >= 15 is 0 Å². The summed E-state index contributed by atoms with van der Waals surface area (Å²) in [5, 5.41) is 20.0. The lowest BCUT2D eigenvalue weighted by Gasteiger charge is -2.10. The van der Waals surface area contributed by atoms with Crippen molar-refractivity contribution >= 4 is 17.3 Å². The fourth-order valence-corrected chi connectivity index (χ4v) is 2.06. The van der Waals surface area contributed by atoms with Crippen LogP contribution in [0.4, 0.5) is 5.69 Å². The van der Waals surface area contributed by atoms with Gasteiger partial charge in [-0.25, -0.2) is 0 Å². The molecule has 0 spiro atoms. The predicted molar refractivity (Wildman–Crippen MR) is 88.8 cm³/mol. The summed E-state index contributed by atoms with van der Waals surface area (Å²) in [4.78, 5) is 10.2. The second-order valence-corrected chi connectivity index (χ2v) is 5.21. The number of hydrogen-bond acceptors (Lipinski definition) is 4. The third-order valence-electron chi connectivity index (χ3n) is 3.05. The highest BCUT2D eigenvalue weighted by molar-refractivity contribution is 5.89. The predicted octanol–water partition coefficient (Wildman–Crippen LogP) is 4.45. The molecule has 0 radical (unpaired) electrons. The molecule has 0 aliphatic carbocycles. The Morgan fingerprint density at radius 1 is 1.26 bits per heavy atom. The lowest BCUT2D eigenvalue weighted by molar-refractivity contribution is -0.384. The lowest BCUT2D eigenvalue weighted by Crippen LogP contribution is -2.05. The molecule has 0 N–H and O–H groups in total. The van der Waals surface area contributed by atoms with Crippen molar-refractivity contribution in [2.75, 3.05) is 0 Å². The molecular formula is C18H16N2O3. The zero-order valence-corrected chi connectivity index (χ0v) is 12.9. The van der Waals surface area contributed by atoms with E-state index in [9.17, 15) is 15.4 Å². The van der Waals surface area contributed by atoms with Crippen LogP contribution in [0.5, 0.6) is 5.75 Å². The smallest absolute Gasteiger partial charge is 0.269 e. The Bertz CT molecular complexity index is 772. The molecular weight excluding hydrogens is 292 g/mol. The normalized spacial score (nSPS) is 11.1. The van der Waals surface area contributed by atoms with E-state index in [2.05, 4.69) is 6.07 Å². The summed E-state index contributed by atoms with van der Waals surface area (Å²) in [7, 11) is 0. The van der Waals surface area contributed by atoms with Crippen molar-refractivity contribution in [1.29, 1.82) is 5.26 Å². The standard InChI is InChI=1S/C18H16N2O3/c1-13(2)23-18-5-3-4-14(11-18)10-16(12-19)15-6-8-17(9-7-15)20(21)22/h3-11,13H,1-2H3. The molecule has 0 saturated heterocycles. The van der Waals surface area contributed by atoms with Gasteiger partial charge in [-0.2, -0.15) is 5.26 Å². The van der Waals surface area contributed by atoms with Gasteiger partial charge in [0.05, 0.1) is 22.7 Å². The molecule has 2 aromatic carbocycles. The van der Waals surface area contributed by atoms with Crippen molar-refractivity contribution in [2.45, 2.75) is 20.0 Å². The second kappa shape index (κ2) is 7.23. The number of nitro benzene ring substituents is 1. The van der Waals surface area contributed by atoms with Gasteiger partial charge in [0, 0.05) is 12.1 Å². The van der Waals surface area contributed by atoms with Crippen LogP contribution in [0.15, 0.2) is 48.5 Å². The first-order chi connectivity index (χ1) is 11.0. The fraction of sp³-hybridized carbons (Fsp3) is 0.167. The van der Waals surface area contributed by atoms with Gasteiger partial charge in [-0.1, -0.05) is 12.1 Å². The van der Waals surface area contributed by atoms with E-state index in [-0.39, 0.29) is 11.8 Å². The molecule has 0 aromatic heterocycles. The summed E-state index contributed by atoms with van der Waals surface area (Å²) < 4.78 is 5.63. The molecule has 116 valence electrons. The highest BCUT2D eigenvalue weighted by Crippen LogP contribution is 2.23. The van der Waals surface area contributed by atoms with Crippen LogP contribution in [-0.2, 0) is 0 Å². The average molecular weight is 308 g/mol. The summed E-state index contributed by atoms with van der Waals surface area (Å²) in [5.41, 5.74) is 1.89. The Morgan fingerprint density at radius 3 is 2.52 bits per heavy atom. The Hall–Kier alpha value is -3.13. The van der Waals surface area contributed by atoms with Crippen LogP contribution in [0.1, 0.15) is 25.0 Å². The minimum absolute atomic E-state index is 0.00151. The molecule has 0 atom stereocenters. The van der Waals surface area contributed by atoms with Gasteiger partial charge in [0.15, 0.2) is 0 Å². The molecule has 0 unspecified atom stereocenters. The van der Waals surface area contributed by atoms with Crippen molar-refractivity contribution in [3.8, 4) is 11.8 Å². The van der Waals surface area contributed by atoms with Gasteiger partial charge in [-0.05, 0) is 55.3 Å². The lowest BCUT2D eigenvalue weighted by atomic mass is 10.0. The molecule has 0 heterocycles. The van der Waals surface area contributed by atoms with Gasteiger partial charge in [0.1, 0.15) is 5.75 Å². The summed E-state index contributed by atoms with van der Waals surface area (Å²) >= 11 is 0. The Morgan fingerprint density at radius 2 is 1.96 bits per heavy atom. The first-order valence-electron chi connectivity index (χ1n) is 7.13. The maximum Gasteiger partial charge on any atom is 0.269 e. The maximum absolute atomic E-state index is 10.7. The highest BCUT2D eigenvalue weighted by atomic mass is 16.6. The van der Waals surface area contributed by atoms with Crippen molar-refractivity contribution in [1.82, 2.24) is 0 Å². The van der Waals surface area contributed by atoms with Crippen molar-refractivity contribution in [3.63, 3.8) is 0 Å². The Kier molecular flexibility index (Phi) is 5.11.